The van der Waals surface area contributed by atoms with E-state index < -0.39 is 7.14 Å². The summed E-state index contributed by atoms with van der Waals surface area (Å²) in [5.74, 6) is -0.311. The number of esters is 1. The van der Waals surface area contributed by atoms with Crippen LogP contribution < -0.4 is 0 Å². The van der Waals surface area contributed by atoms with E-state index in [2.05, 4.69) is 0 Å². The van der Waals surface area contributed by atoms with Gasteiger partial charge in [-0.25, -0.2) is 0 Å². The molecule has 1 atom stereocenters. The van der Waals surface area contributed by atoms with E-state index in [1.165, 1.54) is 6.92 Å². The van der Waals surface area contributed by atoms with Crippen molar-refractivity contribution in [3.8, 4) is 0 Å². The second-order valence-electron chi connectivity index (χ2n) is 4.34. The molecule has 3 nitrogen and oxygen atoms in total. The van der Waals surface area contributed by atoms with Gasteiger partial charge in [-0.2, -0.15) is 0 Å². The zero-order valence-corrected chi connectivity index (χ0v) is 9.98. The molecular formula is C9H19O3P. The van der Waals surface area contributed by atoms with Gasteiger partial charge in [0.1, 0.15) is 0 Å². The molecule has 0 aromatic heterocycles. The minimum atomic E-state index is -2.21. The summed E-state index contributed by atoms with van der Waals surface area (Å²) in [4.78, 5) is 10.5. The molecule has 0 amide bonds. The Hall–Kier alpha value is -0.300. The Morgan fingerprint density at radius 2 is 1.85 bits per heavy atom. The maximum absolute atomic E-state index is 12.0. The van der Waals surface area contributed by atoms with Crippen LogP contribution in [0.1, 0.15) is 27.7 Å². The molecule has 13 heavy (non-hydrogen) atoms. The minimum absolute atomic E-state index is 0.201. The minimum Gasteiger partial charge on any atom is -0.465 e. The van der Waals surface area contributed by atoms with E-state index >= 15 is 0 Å². The molecule has 0 radical (unpaired) electrons. The molecule has 0 aromatic rings. The first kappa shape index (κ1) is 12.7. The van der Waals surface area contributed by atoms with Gasteiger partial charge in [-0.3, -0.25) is 4.79 Å². The van der Waals surface area contributed by atoms with Crippen LogP contribution >= 0.6 is 7.14 Å². The number of rotatable bonds is 3. The Bertz CT molecular complexity index is 228. The van der Waals surface area contributed by atoms with Gasteiger partial charge >= 0.3 is 5.97 Å². The maximum atomic E-state index is 12.0. The van der Waals surface area contributed by atoms with E-state index in [0.29, 0.717) is 6.16 Å². The number of carbonyl (C=O) groups excluding carboxylic acids is 1. The van der Waals surface area contributed by atoms with E-state index in [1.807, 2.05) is 20.8 Å². The van der Waals surface area contributed by atoms with Crippen molar-refractivity contribution in [2.45, 2.75) is 32.9 Å². The Kier molecular flexibility index (Phi) is 4.18. The van der Waals surface area contributed by atoms with Crippen LogP contribution in [0.3, 0.4) is 0 Å². The van der Waals surface area contributed by atoms with Crippen molar-refractivity contribution >= 4 is 13.1 Å². The molecule has 0 fully saturated rings. The number of hydrogen-bond acceptors (Lipinski definition) is 3. The third kappa shape index (κ3) is 4.47. The van der Waals surface area contributed by atoms with Gasteiger partial charge in [0.25, 0.3) is 0 Å². The van der Waals surface area contributed by atoms with Crippen LogP contribution in [0.25, 0.3) is 0 Å². The molecule has 0 heterocycles. The second kappa shape index (κ2) is 4.28. The normalized spacial score (nSPS) is 16.4. The Balaban J connectivity index is 4.06. The number of hydrogen-bond donors (Lipinski definition) is 0. The standard InChI is InChI=1S/C9H19O3P/c1-8(10)12-6-7-13(5,11)9(2,3)4/h6-7H2,1-5H3. The Morgan fingerprint density at radius 1 is 1.38 bits per heavy atom. The lowest BCUT2D eigenvalue weighted by Gasteiger charge is -2.27. The fourth-order valence-corrected chi connectivity index (χ4v) is 1.81. The first-order chi connectivity index (χ1) is 5.67. The summed E-state index contributed by atoms with van der Waals surface area (Å²) >= 11 is 0. The van der Waals surface area contributed by atoms with E-state index in [0.717, 1.165) is 0 Å². The van der Waals surface area contributed by atoms with Gasteiger partial charge in [0.05, 0.1) is 13.7 Å². The highest BCUT2D eigenvalue weighted by Gasteiger charge is 2.31. The van der Waals surface area contributed by atoms with Crippen molar-refractivity contribution in [1.29, 1.82) is 0 Å². The molecule has 0 spiro atoms. The predicted molar refractivity (Wildman–Crippen MR) is 54.8 cm³/mol. The predicted octanol–water partition coefficient (Wildman–Crippen LogP) is 2.34. The van der Waals surface area contributed by atoms with Crippen molar-refractivity contribution in [3.63, 3.8) is 0 Å². The molecule has 1 unspecified atom stereocenters. The fraction of sp³-hybridized carbons (Fsp3) is 0.889. The summed E-state index contributed by atoms with van der Waals surface area (Å²) < 4.78 is 16.8. The molecule has 0 aromatic carbocycles. The van der Waals surface area contributed by atoms with Crippen LogP contribution in [-0.4, -0.2) is 30.6 Å². The summed E-state index contributed by atoms with van der Waals surface area (Å²) in [6, 6.07) is 0. The Labute approximate surface area is 80.2 Å². The third-order valence-electron chi connectivity index (χ3n) is 2.24. The van der Waals surface area contributed by atoms with Gasteiger partial charge in [-0.15, -0.1) is 0 Å². The molecule has 0 rings (SSSR count). The van der Waals surface area contributed by atoms with Crippen LogP contribution in [0, 0.1) is 0 Å². The summed E-state index contributed by atoms with van der Waals surface area (Å²) in [6.45, 7) is 9.22. The fourth-order valence-electron chi connectivity index (χ4n) is 0.699. The molecule has 0 N–H and O–H groups in total. The lowest BCUT2D eigenvalue weighted by molar-refractivity contribution is -0.140. The van der Waals surface area contributed by atoms with Crippen molar-refractivity contribution < 1.29 is 14.1 Å². The van der Waals surface area contributed by atoms with E-state index in [4.69, 9.17) is 4.74 Å². The van der Waals surface area contributed by atoms with Crippen LogP contribution in [-0.2, 0) is 14.1 Å². The smallest absolute Gasteiger partial charge is 0.302 e. The molecule has 0 aliphatic rings. The average Bonchev–Trinajstić information content (AvgIpc) is 1.82. The van der Waals surface area contributed by atoms with E-state index in [1.54, 1.807) is 6.66 Å². The molecule has 0 aliphatic heterocycles. The van der Waals surface area contributed by atoms with Gasteiger partial charge in [-0.05, 0) is 6.66 Å². The molecular weight excluding hydrogens is 187 g/mol. The first-order valence-corrected chi connectivity index (χ1v) is 6.71. The van der Waals surface area contributed by atoms with Crippen LogP contribution in [0.15, 0.2) is 0 Å². The van der Waals surface area contributed by atoms with Crippen LogP contribution in [0.4, 0.5) is 0 Å². The van der Waals surface area contributed by atoms with Crippen molar-refractivity contribution in [1.82, 2.24) is 0 Å². The average molecular weight is 206 g/mol. The molecule has 0 bridgehead atoms. The summed E-state index contributed by atoms with van der Waals surface area (Å²) in [5, 5.41) is -0.201. The van der Waals surface area contributed by atoms with Gasteiger partial charge < -0.3 is 9.30 Å². The van der Waals surface area contributed by atoms with Crippen LogP contribution in [0.2, 0.25) is 0 Å². The topological polar surface area (TPSA) is 43.4 Å². The summed E-state index contributed by atoms with van der Waals surface area (Å²) in [6.07, 6.45) is 0.468. The zero-order valence-electron chi connectivity index (χ0n) is 9.09. The quantitative estimate of drug-likeness (QED) is 0.525. The molecule has 0 aliphatic carbocycles. The monoisotopic (exact) mass is 206 g/mol. The molecule has 4 heteroatoms. The van der Waals surface area contributed by atoms with Gasteiger partial charge in [0.2, 0.25) is 0 Å². The number of carbonyl (C=O) groups is 1. The summed E-state index contributed by atoms with van der Waals surface area (Å²) in [7, 11) is -2.21. The Morgan fingerprint density at radius 3 is 2.15 bits per heavy atom. The first-order valence-electron chi connectivity index (χ1n) is 4.37. The largest absolute Gasteiger partial charge is 0.465 e. The SMILES string of the molecule is CC(=O)OCCP(C)(=O)C(C)(C)C. The molecule has 0 saturated carbocycles. The maximum Gasteiger partial charge on any atom is 0.302 e. The highest BCUT2D eigenvalue weighted by atomic mass is 31.2. The molecule has 0 saturated heterocycles. The zero-order chi connectivity index (χ0) is 10.7. The highest BCUT2D eigenvalue weighted by molar-refractivity contribution is 7.64. The highest BCUT2D eigenvalue weighted by Crippen LogP contribution is 2.53. The van der Waals surface area contributed by atoms with Crippen LogP contribution in [0.5, 0.6) is 0 Å². The lowest BCUT2D eigenvalue weighted by Crippen LogP contribution is -2.19. The number of ether oxygens (including phenoxy) is 1. The van der Waals surface area contributed by atoms with E-state index in [-0.39, 0.29) is 17.7 Å². The summed E-state index contributed by atoms with van der Waals surface area (Å²) in [5.41, 5.74) is 0. The second-order valence-corrected chi connectivity index (χ2v) is 8.33. The molecule has 78 valence electrons. The van der Waals surface area contributed by atoms with Gasteiger partial charge in [0.15, 0.2) is 0 Å². The third-order valence-corrected chi connectivity index (χ3v) is 6.12. The lowest BCUT2D eigenvalue weighted by atomic mass is 10.3. The van der Waals surface area contributed by atoms with Crippen molar-refractivity contribution in [2.75, 3.05) is 19.4 Å². The van der Waals surface area contributed by atoms with Gasteiger partial charge in [-0.1, -0.05) is 20.8 Å². The van der Waals surface area contributed by atoms with Crippen molar-refractivity contribution in [2.24, 2.45) is 0 Å². The van der Waals surface area contributed by atoms with Gasteiger partial charge in [0, 0.05) is 18.2 Å². The van der Waals surface area contributed by atoms with Crippen molar-refractivity contribution in [3.05, 3.63) is 0 Å². The van der Waals surface area contributed by atoms with E-state index in [9.17, 15) is 9.36 Å².